The number of aliphatic imine (C=N–C) groups is 2. The van der Waals surface area contributed by atoms with Gasteiger partial charge < -0.3 is 17.2 Å². The predicted molar refractivity (Wildman–Crippen MR) is 76.0 cm³/mol. The lowest BCUT2D eigenvalue weighted by atomic mass is 10.2. The van der Waals surface area contributed by atoms with E-state index in [1.54, 1.807) is 6.07 Å². The van der Waals surface area contributed by atoms with Crippen molar-refractivity contribution in [2.24, 2.45) is 27.2 Å². The first-order valence-electron chi connectivity index (χ1n) is 4.40. The van der Waals surface area contributed by atoms with Gasteiger partial charge in [0.05, 0.1) is 14.5 Å². The molecule has 0 saturated heterocycles. The molecule has 0 unspecified atom stereocenters. The van der Waals surface area contributed by atoms with Gasteiger partial charge >= 0.3 is 0 Å². The number of halogens is 3. The van der Waals surface area contributed by atoms with Crippen molar-refractivity contribution in [2.45, 2.75) is 6.92 Å². The normalized spacial score (nSPS) is 11.4. The number of guanidine groups is 2. The molecule has 0 atom stereocenters. The summed E-state index contributed by atoms with van der Waals surface area (Å²) in [6.07, 6.45) is 0. The van der Waals surface area contributed by atoms with Gasteiger partial charge in [0.2, 0.25) is 5.96 Å². The minimum atomic E-state index is -0.184. The fourth-order valence-corrected chi connectivity index (χ4v) is 2.25. The number of nitrogens with zero attached hydrogens (tertiary/aromatic N) is 2. The van der Waals surface area contributed by atoms with Gasteiger partial charge in [0, 0.05) is 0 Å². The summed E-state index contributed by atoms with van der Waals surface area (Å²) in [6, 6.07) is 1.68. The second kappa shape index (κ2) is 5.57. The summed E-state index contributed by atoms with van der Waals surface area (Å²) in [5, 5.41) is 0.901. The van der Waals surface area contributed by atoms with E-state index in [0.29, 0.717) is 20.2 Å². The van der Waals surface area contributed by atoms with E-state index in [2.05, 4.69) is 25.9 Å². The van der Waals surface area contributed by atoms with E-state index in [9.17, 15) is 0 Å². The summed E-state index contributed by atoms with van der Waals surface area (Å²) in [5.41, 5.74) is 17.1. The van der Waals surface area contributed by atoms with Crippen LogP contribution in [0.4, 0.5) is 5.69 Å². The lowest BCUT2D eigenvalue weighted by molar-refractivity contribution is 1.35. The Labute approximate surface area is 117 Å². The van der Waals surface area contributed by atoms with E-state index in [-0.39, 0.29) is 11.9 Å². The van der Waals surface area contributed by atoms with Crippen LogP contribution in [-0.2, 0) is 0 Å². The van der Waals surface area contributed by atoms with Crippen LogP contribution in [0, 0.1) is 6.92 Å². The average Bonchev–Trinajstić information content (AvgIpc) is 2.20. The van der Waals surface area contributed by atoms with Crippen molar-refractivity contribution in [1.82, 2.24) is 0 Å². The highest BCUT2D eigenvalue weighted by Gasteiger charge is 2.12. The number of benzene rings is 1. The van der Waals surface area contributed by atoms with E-state index in [1.165, 1.54) is 0 Å². The minimum Gasteiger partial charge on any atom is -0.370 e. The SMILES string of the molecule is Cc1cc(Cl)c(N=C(N)N=C(N)N)c(Br)c1Cl. The summed E-state index contributed by atoms with van der Waals surface area (Å²) < 4.78 is 0.540. The lowest BCUT2D eigenvalue weighted by Gasteiger charge is -2.07. The van der Waals surface area contributed by atoms with Crippen LogP contribution in [0.3, 0.4) is 0 Å². The maximum absolute atomic E-state index is 6.04. The highest BCUT2D eigenvalue weighted by atomic mass is 79.9. The highest BCUT2D eigenvalue weighted by Crippen LogP contribution is 2.40. The second-order valence-corrected chi connectivity index (χ2v) is 4.74. The first-order valence-corrected chi connectivity index (χ1v) is 5.95. The van der Waals surface area contributed by atoms with Crippen molar-refractivity contribution >= 4 is 56.7 Å². The minimum absolute atomic E-state index is 0.104. The summed E-state index contributed by atoms with van der Waals surface area (Å²) >= 11 is 15.4. The van der Waals surface area contributed by atoms with Crippen LogP contribution >= 0.6 is 39.1 Å². The third kappa shape index (κ3) is 3.49. The quantitative estimate of drug-likeness (QED) is 0.415. The fourth-order valence-electron chi connectivity index (χ4n) is 1.08. The number of rotatable bonds is 1. The monoisotopic (exact) mass is 337 g/mol. The van der Waals surface area contributed by atoms with Gasteiger partial charge in [0.15, 0.2) is 5.96 Å². The average molecular weight is 339 g/mol. The molecular weight excluding hydrogens is 329 g/mol. The van der Waals surface area contributed by atoms with E-state index in [0.717, 1.165) is 5.56 Å². The lowest BCUT2D eigenvalue weighted by Crippen LogP contribution is -2.26. The number of hydrogen-bond acceptors (Lipinski definition) is 1. The maximum Gasteiger partial charge on any atom is 0.223 e. The Kier molecular flexibility index (Phi) is 4.62. The molecular formula is C9H10BrCl2N5. The molecule has 92 valence electrons. The van der Waals surface area contributed by atoms with Gasteiger partial charge in [-0.2, -0.15) is 4.99 Å². The third-order valence-electron chi connectivity index (χ3n) is 1.79. The molecule has 8 heteroatoms. The molecule has 0 amide bonds. The van der Waals surface area contributed by atoms with Gasteiger partial charge in [-0.1, -0.05) is 23.2 Å². The third-order valence-corrected chi connectivity index (χ3v) is 3.56. The predicted octanol–water partition coefficient (Wildman–Crippen LogP) is 2.28. The van der Waals surface area contributed by atoms with Crippen LogP contribution < -0.4 is 17.2 Å². The summed E-state index contributed by atoms with van der Waals surface area (Å²) in [6.45, 7) is 1.83. The van der Waals surface area contributed by atoms with E-state index in [4.69, 9.17) is 40.4 Å². The molecule has 0 aromatic heterocycles. The summed E-state index contributed by atoms with van der Waals surface area (Å²) in [5.74, 6) is -0.288. The Morgan fingerprint density at radius 3 is 2.41 bits per heavy atom. The molecule has 0 fully saturated rings. The van der Waals surface area contributed by atoms with Crippen molar-refractivity contribution in [3.05, 3.63) is 26.1 Å². The molecule has 17 heavy (non-hydrogen) atoms. The molecule has 0 heterocycles. The van der Waals surface area contributed by atoms with Crippen molar-refractivity contribution in [3.8, 4) is 0 Å². The Balaban J connectivity index is 3.34. The van der Waals surface area contributed by atoms with Crippen LogP contribution in [0.25, 0.3) is 0 Å². The largest absolute Gasteiger partial charge is 0.370 e. The zero-order chi connectivity index (χ0) is 13.2. The van der Waals surface area contributed by atoms with Crippen molar-refractivity contribution in [2.75, 3.05) is 0 Å². The Bertz CT molecular complexity index is 509. The highest BCUT2D eigenvalue weighted by molar-refractivity contribution is 9.10. The Morgan fingerprint density at radius 1 is 1.29 bits per heavy atom. The molecule has 6 N–H and O–H groups in total. The second-order valence-electron chi connectivity index (χ2n) is 3.16. The number of nitrogens with two attached hydrogens (primary N) is 3. The Hall–Kier alpha value is -0.980. The molecule has 0 radical (unpaired) electrons. The van der Waals surface area contributed by atoms with Gasteiger partial charge in [-0.05, 0) is 34.5 Å². The summed E-state index contributed by atoms with van der Waals surface area (Å²) in [7, 11) is 0. The molecule has 0 aliphatic carbocycles. The maximum atomic E-state index is 6.04. The topological polar surface area (TPSA) is 103 Å². The number of aryl methyl sites for hydroxylation is 1. The standard InChI is InChI=1S/C9H10BrCl2N5/c1-3-2-4(11)7(5(10)6(3)12)16-9(15)17-8(13)14/h2H,1H3,(H6,13,14,15,16,17). The fraction of sp³-hybridized carbons (Fsp3) is 0.111. The molecule has 0 bridgehead atoms. The van der Waals surface area contributed by atoms with E-state index >= 15 is 0 Å². The van der Waals surface area contributed by atoms with E-state index in [1.807, 2.05) is 6.92 Å². The molecule has 0 aliphatic rings. The van der Waals surface area contributed by atoms with Crippen LogP contribution in [-0.4, -0.2) is 11.9 Å². The van der Waals surface area contributed by atoms with Gasteiger partial charge in [-0.15, -0.1) is 0 Å². The number of hydrogen-bond donors (Lipinski definition) is 3. The molecule has 1 aromatic carbocycles. The van der Waals surface area contributed by atoms with Crippen LogP contribution in [0.15, 0.2) is 20.5 Å². The van der Waals surface area contributed by atoms with Crippen LogP contribution in [0.5, 0.6) is 0 Å². The molecule has 1 aromatic rings. The van der Waals surface area contributed by atoms with Crippen molar-refractivity contribution in [3.63, 3.8) is 0 Å². The molecule has 1 rings (SSSR count). The Morgan fingerprint density at radius 2 is 1.88 bits per heavy atom. The molecule has 0 aliphatic heterocycles. The zero-order valence-electron chi connectivity index (χ0n) is 8.84. The first-order chi connectivity index (χ1) is 7.82. The molecule has 0 spiro atoms. The molecule has 5 nitrogen and oxygen atoms in total. The van der Waals surface area contributed by atoms with Gasteiger partial charge in [-0.25, -0.2) is 4.99 Å². The summed E-state index contributed by atoms with van der Waals surface area (Å²) in [4.78, 5) is 7.57. The van der Waals surface area contributed by atoms with Crippen LogP contribution in [0.2, 0.25) is 10.0 Å². The zero-order valence-corrected chi connectivity index (χ0v) is 11.9. The van der Waals surface area contributed by atoms with E-state index < -0.39 is 0 Å². The van der Waals surface area contributed by atoms with Crippen molar-refractivity contribution < 1.29 is 0 Å². The first kappa shape index (κ1) is 14.1. The smallest absolute Gasteiger partial charge is 0.223 e. The van der Waals surface area contributed by atoms with Crippen LogP contribution in [0.1, 0.15) is 5.56 Å². The van der Waals surface area contributed by atoms with Gasteiger partial charge in [-0.3, -0.25) is 0 Å². The van der Waals surface area contributed by atoms with Gasteiger partial charge in [0.1, 0.15) is 5.69 Å². The van der Waals surface area contributed by atoms with Crippen molar-refractivity contribution in [1.29, 1.82) is 0 Å². The van der Waals surface area contributed by atoms with Gasteiger partial charge in [0.25, 0.3) is 0 Å². The molecule has 0 saturated carbocycles.